The monoisotopic (exact) mass is 446 g/mol. The topological polar surface area (TPSA) is 123 Å². The van der Waals surface area contributed by atoms with Crippen LogP contribution in [0, 0.1) is 13.8 Å². The minimum Gasteiger partial charge on any atom is -0.454 e. The molecule has 0 unspecified atom stereocenters. The summed E-state index contributed by atoms with van der Waals surface area (Å²) < 4.78 is 16.1. The molecule has 2 amide bonds. The van der Waals surface area contributed by atoms with E-state index in [0.717, 1.165) is 11.1 Å². The van der Waals surface area contributed by atoms with Crippen molar-refractivity contribution < 1.29 is 23.6 Å². The minimum absolute atomic E-state index is 0.0437. The molecule has 4 heterocycles. The Morgan fingerprint density at radius 1 is 1.00 bits per heavy atom. The first-order chi connectivity index (χ1) is 16.0. The lowest BCUT2D eigenvalue weighted by atomic mass is 10.1. The van der Waals surface area contributed by atoms with Crippen LogP contribution in [-0.4, -0.2) is 45.8 Å². The molecule has 0 spiro atoms. The zero-order chi connectivity index (χ0) is 22.7. The van der Waals surface area contributed by atoms with E-state index in [0.29, 0.717) is 28.6 Å². The van der Waals surface area contributed by atoms with Crippen LogP contribution in [0.2, 0.25) is 0 Å². The average molecular weight is 446 g/mol. The van der Waals surface area contributed by atoms with Gasteiger partial charge in [-0.25, -0.2) is 4.90 Å². The summed E-state index contributed by atoms with van der Waals surface area (Å²) in [5.41, 5.74) is 3.29. The van der Waals surface area contributed by atoms with Crippen LogP contribution in [0.5, 0.6) is 11.5 Å². The summed E-state index contributed by atoms with van der Waals surface area (Å²) in [5.74, 6) is 1.09. The number of benzene rings is 2. The van der Waals surface area contributed by atoms with Crippen LogP contribution in [0.25, 0.3) is 11.4 Å². The molecule has 1 fully saturated rings. The van der Waals surface area contributed by atoms with Gasteiger partial charge in [0, 0.05) is 5.56 Å². The number of ether oxygens (including phenoxy) is 2. The molecule has 3 aliphatic rings. The normalized spacial score (nSPS) is 20.8. The second-order valence-corrected chi connectivity index (χ2v) is 8.05. The zero-order valence-corrected chi connectivity index (χ0v) is 17.8. The Balaban J connectivity index is 1.22. The molecule has 2 aromatic carbocycles. The summed E-state index contributed by atoms with van der Waals surface area (Å²) in [6.45, 7) is 4.12. The van der Waals surface area contributed by atoms with Gasteiger partial charge in [0.15, 0.2) is 23.6 Å². The fourth-order valence-corrected chi connectivity index (χ4v) is 4.08. The molecule has 0 aliphatic carbocycles. The Hall–Kier alpha value is -4.28. The zero-order valence-electron chi connectivity index (χ0n) is 17.8. The predicted octanol–water partition coefficient (Wildman–Crippen LogP) is 2.58. The van der Waals surface area contributed by atoms with Gasteiger partial charge in [-0.05, 0) is 55.3 Å². The van der Waals surface area contributed by atoms with E-state index in [9.17, 15) is 9.59 Å². The number of imide groups is 1. The van der Waals surface area contributed by atoms with Gasteiger partial charge in [-0.1, -0.05) is 16.4 Å². The number of rotatable bonds is 4. The fourth-order valence-electron chi connectivity index (χ4n) is 4.08. The highest BCUT2D eigenvalue weighted by Gasteiger charge is 2.55. The number of hydrogen-bond acceptors (Lipinski definition) is 10. The number of fused-ring (bicyclic) bond motifs is 2. The van der Waals surface area contributed by atoms with Crippen molar-refractivity contribution in [2.75, 3.05) is 11.7 Å². The number of hydrogen-bond donors (Lipinski definition) is 0. The van der Waals surface area contributed by atoms with Crippen molar-refractivity contribution in [3.05, 3.63) is 53.4 Å². The van der Waals surface area contributed by atoms with Crippen molar-refractivity contribution >= 4 is 17.5 Å². The quantitative estimate of drug-likeness (QED) is 0.561. The summed E-state index contributed by atoms with van der Waals surface area (Å²) in [4.78, 5) is 31.7. The number of carbonyl (C=O) groups excluding carboxylic acids is 2. The summed E-state index contributed by atoms with van der Waals surface area (Å²) >= 11 is 0. The molecule has 0 N–H and O–H groups in total. The highest BCUT2D eigenvalue weighted by atomic mass is 16.7. The highest BCUT2D eigenvalue weighted by Crippen LogP contribution is 2.36. The summed E-state index contributed by atoms with van der Waals surface area (Å²) in [5, 5.41) is 13.5. The van der Waals surface area contributed by atoms with Crippen LogP contribution in [-0.2, 0) is 16.1 Å². The highest BCUT2D eigenvalue weighted by molar-refractivity contribution is 6.25. The van der Waals surface area contributed by atoms with E-state index in [2.05, 4.69) is 20.5 Å². The smallest absolute Gasteiger partial charge is 0.263 e. The van der Waals surface area contributed by atoms with Crippen LogP contribution in [0.4, 0.5) is 5.69 Å². The molecule has 0 saturated carbocycles. The molecule has 3 aromatic rings. The Kier molecular flexibility index (Phi) is 4.19. The molecule has 1 aromatic heterocycles. The average Bonchev–Trinajstić information content (AvgIpc) is 3.57. The van der Waals surface area contributed by atoms with Gasteiger partial charge in [0.25, 0.3) is 11.8 Å². The molecular weight excluding hydrogens is 428 g/mol. The van der Waals surface area contributed by atoms with Crippen molar-refractivity contribution in [1.82, 2.24) is 15.1 Å². The number of amides is 2. The van der Waals surface area contributed by atoms with E-state index in [1.54, 1.807) is 24.3 Å². The number of nitrogens with zero attached hydrogens (tertiary/aromatic N) is 6. The van der Waals surface area contributed by atoms with E-state index >= 15 is 0 Å². The molecule has 3 aliphatic heterocycles. The Morgan fingerprint density at radius 3 is 2.70 bits per heavy atom. The lowest BCUT2D eigenvalue weighted by molar-refractivity contribution is -0.123. The van der Waals surface area contributed by atoms with E-state index in [4.69, 9.17) is 14.0 Å². The van der Waals surface area contributed by atoms with E-state index in [1.165, 1.54) is 9.91 Å². The number of aryl methyl sites for hydroxylation is 2. The maximum atomic E-state index is 13.2. The van der Waals surface area contributed by atoms with Gasteiger partial charge in [-0.2, -0.15) is 10.1 Å². The molecule has 0 bridgehead atoms. The van der Waals surface area contributed by atoms with Crippen molar-refractivity contribution in [3.63, 3.8) is 0 Å². The molecule has 11 heteroatoms. The van der Waals surface area contributed by atoms with Gasteiger partial charge in [-0.15, -0.1) is 0 Å². The molecule has 1 saturated heterocycles. The molecular formula is C22H18N6O5. The largest absolute Gasteiger partial charge is 0.454 e. The van der Waals surface area contributed by atoms with Crippen molar-refractivity contribution in [1.29, 1.82) is 0 Å². The first-order valence-electron chi connectivity index (χ1n) is 10.3. The lowest BCUT2D eigenvalue weighted by Gasteiger charge is -2.19. The van der Waals surface area contributed by atoms with E-state index in [1.807, 2.05) is 26.0 Å². The van der Waals surface area contributed by atoms with Crippen LogP contribution >= 0.6 is 0 Å². The second-order valence-electron chi connectivity index (χ2n) is 8.05. The van der Waals surface area contributed by atoms with Gasteiger partial charge in [0.05, 0.1) is 5.69 Å². The maximum Gasteiger partial charge on any atom is 0.263 e. The first-order valence-corrected chi connectivity index (χ1v) is 10.3. The van der Waals surface area contributed by atoms with Gasteiger partial charge < -0.3 is 14.0 Å². The fraction of sp³-hybridized carbons (Fsp3) is 0.273. The van der Waals surface area contributed by atoms with Gasteiger partial charge in [-0.3, -0.25) is 14.6 Å². The first kappa shape index (κ1) is 19.4. The van der Waals surface area contributed by atoms with Gasteiger partial charge in [0.1, 0.15) is 6.54 Å². The molecule has 166 valence electrons. The number of carbonyl (C=O) groups is 2. The third-order valence-corrected chi connectivity index (χ3v) is 6.00. The van der Waals surface area contributed by atoms with Crippen molar-refractivity contribution in [3.8, 4) is 22.9 Å². The molecule has 0 radical (unpaired) electrons. The maximum absolute atomic E-state index is 13.2. The SMILES string of the molecule is Cc1ccc(N2C(=O)[C@H]3N=NN(Cc4nc(-c5ccc6c(c5)OCO6)no4)[C@H]3C2=O)cc1C. The van der Waals surface area contributed by atoms with Crippen molar-refractivity contribution in [2.45, 2.75) is 32.5 Å². The summed E-state index contributed by atoms with van der Waals surface area (Å²) in [6, 6.07) is 9.07. The van der Waals surface area contributed by atoms with Gasteiger partial charge in [0.2, 0.25) is 18.5 Å². The van der Waals surface area contributed by atoms with Crippen LogP contribution in [0.1, 0.15) is 17.0 Å². The third kappa shape index (κ3) is 3.04. The van der Waals surface area contributed by atoms with Crippen molar-refractivity contribution in [2.24, 2.45) is 10.3 Å². The van der Waals surface area contributed by atoms with E-state index < -0.39 is 18.0 Å². The number of aromatic nitrogens is 2. The summed E-state index contributed by atoms with van der Waals surface area (Å²) in [7, 11) is 0. The van der Waals surface area contributed by atoms with Crippen LogP contribution in [0.3, 0.4) is 0 Å². The summed E-state index contributed by atoms with van der Waals surface area (Å²) in [6.07, 6.45) is 0. The third-order valence-electron chi connectivity index (χ3n) is 6.00. The Bertz CT molecular complexity index is 1330. The standard InChI is InChI=1S/C22H18N6O5/c1-11-3-5-14(7-12(11)2)28-21(29)18-19(22(28)30)27(26-24-18)9-17-23-20(25-33-17)13-4-6-15-16(8-13)32-10-31-15/h3-8,18-19H,9-10H2,1-2H3/t18-,19+/m0/s1. The molecule has 11 nitrogen and oxygen atoms in total. The minimum atomic E-state index is -0.893. The Labute approximate surface area is 187 Å². The second kappa shape index (κ2) is 7.12. The van der Waals surface area contributed by atoms with E-state index in [-0.39, 0.29) is 25.1 Å². The lowest BCUT2D eigenvalue weighted by Crippen LogP contribution is -2.39. The van der Waals surface area contributed by atoms with Crippen LogP contribution < -0.4 is 14.4 Å². The molecule has 33 heavy (non-hydrogen) atoms. The molecule has 6 rings (SSSR count). The van der Waals surface area contributed by atoms with Gasteiger partial charge >= 0.3 is 0 Å². The van der Waals surface area contributed by atoms with Crippen LogP contribution in [0.15, 0.2) is 51.3 Å². The molecule has 2 atom stereocenters. The Morgan fingerprint density at radius 2 is 1.85 bits per heavy atom. The number of anilines is 1. The predicted molar refractivity (Wildman–Crippen MR) is 112 cm³/mol.